The Morgan fingerprint density at radius 3 is 1.77 bits per heavy atom. The van der Waals surface area contributed by atoms with Crippen LogP contribution in [-0.2, 0) is 4.79 Å². The number of carbonyl (C=O) groups is 1. The minimum atomic E-state index is -0.0284. The molecule has 4 saturated carbocycles. The van der Waals surface area contributed by atoms with Crippen molar-refractivity contribution < 1.29 is 9.39 Å². The predicted molar refractivity (Wildman–Crippen MR) is 131 cm³/mol. The summed E-state index contributed by atoms with van der Waals surface area (Å²) in [6, 6.07) is 0.497. The van der Waals surface area contributed by atoms with Gasteiger partial charge in [0.1, 0.15) is 12.6 Å². The van der Waals surface area contributed by atoms with Crippen LogP contribution in [0, 0.1) is 23.2 Å². The Hall–Kier alpha value is -0.570. The first-order chi connectivity index (χ1) is 15.0. The molecule has 0 saturated heterocycles. The Bertz CT molecular complexity index is 524. The molecule has 0 spiro atoms. The van der Waals surface area contributed by atoms with E-state index in [4.69, 9.17) is 0 Å². The Morgan fingerprint density at radius 1 is 0.839 bits per heavy atom. The summed E-state index contributed by atoms with van der Waals surface area (Å²) in [4.78, 5) is 13.8. The quantitative estimate of drug-likeness (QED) is 0.163. The van der Waals surface area contributed by atoms with E-state index in [1.165, 1.54) is 96.3 Å². The van der Waals surface area contributed by atoms with E-state index in [9.17, 15) is 4.79 Å². The van der Waals surface area contributed by atoms with Crippen LogP contribution in [0.3, 0.4) is 0 Å². The third-order valence-electron chi connectivity index (χ3n) is 9.50. The van der Waals surface area contributed by atoms with E-state index in [1.54, 1.807) is 0 Å². The first-order valence-corrected chi connectivity index (χ1v) is 14.2. The normalized spacial score (nSPS) is 32.1. The van der Waals surface area contributed by atoms with Gasteiger partial charge in [-0.2, -0.15) is 0 Å². The number of carbonyl (C=O) groups excluding carboxylic acids is 1. The Labute approximate surface area is 193 Å². The molecule has 0 aromatic heterocycles. The largest absolute Gasteiger partial charge is 0.271 e. The maximum absolute atomic E-state index is 13.8. The van der Waals surface area contributed by atoms with Crippen molar-refractivity contribution in [3.8, 4) is 0 Å². The zero-order valence-corrected chi connectivity index (χ0v) is 21.4. The van der Waals surface area contributed by atoms with Gasteiger partial charge in [-0.05, 0) is 89.4 Å². The average molecular weight is 434 g/mol. The maximum atomic E-state index is 13.8. The molecular formula is C28H53N2O+. The number of unbranched alkanes of at least 4 members (excludes halogenated alkanes) is 8. The van der Waals surface area contributed by atoms with Gasteiger partial charge in [0.25, 0.3) is 5.91 Å². The fraction of sp³-hybridized carbons (Fsp3) is 0.964. The zero-order chi connectivity index (χ0) is 22.3. The highest BCUT2D eigenvalue weighted by Gasteiger charge is 2.56. The smallest absolute Gasteiger partial charge is 0.269 e. The monoisotopic (exact) mass is 433 g/mol. The van der Waals surface area contributed by atoms with Crippen LogP contribution in [0.1, 0.15) is 130 Å². The Morgan fingerprint density at radius 2 is 1.32 bits per heavy atom. The molecular weight excluding hydrogens is 380 g/mol. The van der Waals surface area contributed by atoms with Gasteiger partial charge in [0.15, 0.2) is 0 Å². The van der Waals surface area contributed by atoms with Gasteiger partial charge in [0, 0.05) is 0 Å². The van der Waals surface area contributed by atoms with Gasteiger partial charge < -0.3 is 0 Å². The van der Waals surface area contributed by atoms with E-state index in [2.05, 4.69) is 33.1 Å². The van der Waals surface area contributed by atoms with Crippen LogP contribution >= 0.6 is 0 Å². The number of nitrogens with one attached hydrogen (secondary N) is 1. The molecule has 31 heavy (non-hydrogen) atoms. The van der Waals surface area contributed by atoms with Crippen LogP contribution in [0.15, 0.2) is 0 Å². The first kappa shape index (κ1) is 25.1. The number of hydrogen-bond acceptors (Lipinski definition) is 1. The van der Waals surface area contributed by atoms with Crippen LogP contribution < -0.4 is 5.43 Å². The van der Waals surface area contributed by atoms with Crippen LogP contribution in [0.2, 0.25) is 0 Å². The molecule has 0 radical (unpaired) electrons. The van der Waals surface area contributed by atoms with Crippen molar-refractivity contribution in [3.63, 3.8) is 0 Å². The molecule has 1 N–H and O–H groups in total. The summed E-state index contributed by atoms with van der Waals surface area (Å²) in [5.74, 6) is 2.93. The van der Waals surface area contributed by atoms with Crippen molar-refractivity contribution in [2.24, 2.45) is 23.2 Å². The van der Waals surface area contributed by atoms with Crippen molar-refractivity contribution >= 4 is 5.91 Å². The minimum Gasteiger partial charge on any atom is -0.269 e. The van der Waals surface area contributed by atoms with Crippen molar-refractivity contribution in [1.29, 1.82) is 0 Å². The molecule has 4 aliphatic carbocycles. The average Bonchev–Trinajstić information content (AvgIpc) is 2.75. The lowest BCUT2D eigenvalue weighted by Crippen LogP contribution is -2.68. The number of rotatable bonds is 15. The molecule has 2 atom stereocenters. The van der Waals surface area contributed by atoms with Crippen LogP contribution in [0.5, 0.6) is 0 Å². The standard InChI is InChI=1S/C28H52N2O/c1-5-8-9-10-11-12-13-14-15-16-30(7-3,23(4)6-2)29-27(31)28-20-24-17-25(21-28)19-26(18-24)22-28/h23-26H,5-22H2,1-4H3/p+1. The highest BCUT2D eigenvalue weighted by molar-refractivity contribution is 5.82. The third-order valence-corrected chi connectivity index (χ3v) is 9.50. The maximum Gasteiger partial charge on any atom is 0.271 e. The van der Waals surface area contributed by atoms with E-state index in [0.29, 0.717) is 11.9 Å². The van der Waals surface area contributed by atoms with E-state index in [1.807, 2.05) is 0 Å². The lowest BCUT2D eigenvalue weighted by molar-refractivity contribution is -0.981. The predicted octanol–water partition coefficient (Wildman–Crippen LogP) is 7.40. The van der Waals surface area contributed by atoms with Crippen molar-refractivity contribution in [1.82, 2.24) is 5.43 Å². The molecule has 0 aromatic rings. The fourth-order valence-corrected chi connectivity index (χ4v) is 7.70. The van der Waals surface area contributed by atoms with E-state index >= 15 is 0 Å². The summed E-state index contributed by atoms with van der Waals surface area (Å²) in [6.45, 7) is 11.4. The van der Waals surface area contributed by atoms with E-state index in [-0.39, 0.29) is 5.41 Å². The number of nitrogens with zero attached hydrogens (tertiary/aromatic N) is 1. The van der Waals surface area contributed by atoms with Crippen LogP contribution in [0.4, 0.5) is 0 Å². The molecule has 4 bridgehead atoms. The second-order valence-corrected chi connectivity index (χ2v) is 11.8. The molecule has 180 valence electrons. The highest BCUT2D eigenvalue weighted by Crippen LogP contribution is 2.60. The highest BCUT2D eigenvalue weighted by atomic mass is 16.2. The van der Waals surface area contributed by atoms with Gasteiger partial charge in [-0.25, -0.2) is 10.0 Å². The number of quaternary nitrogens is 1. The third kappa shape index (κ3) is 6.06. The lowest BCUT2D eigenvalue weighted by atomic mass is 9.49. The van der Waals surface area contributed by atoms with Crippen molar-refractivity contribution in [3.05, 3.63) is 0 Å². The summed E-state index contributed by atoms with van der Waals surface area (Å²) in [6.07, 6.45) is 21.1. The van der Waals surface area contributed by atoms with Crippen LogP contribution in [0.25, 0.3) is 0 Å². The summed E-state index contributed by atoms with van der Waals surface area (Å²) in [5, 5.41) is 0. The second kappa shape index (κ2) is 11.5. The number of hydrogen-bond donors (Lipinski definition) is 1. The van der Waals surface area contributed by atoms with E-state index < -0.39 is 0 Å². The molecule has 0 aliphatic heterocycles. The zero-order valence-electron chi connectivity index (χ0n) is 21.4. The molecule has 3 nitrogen and oxygen atoms in total. The van der Waals surface area contributed by atoms with Crippen molar-refractivity contribution in [2.75, 3.05) is 13.1 Å². The molecule has 3 heteroatoms. The van der Waals surface area contributed by atoms with Crippen molar-refractivity contribution in [2.45, 2.75) is 136 Å². The summed E-state index contributed by atoms with van der Waals surface area (Å²) < 4.78 is 0.813. The van der Waals surface area contributed by atoms with Crippen LogP contribution in [-0.4, -0.2) is 29.6 Å². The van der Waals surface area contributed by atoms with Gasteiger partial charge in [-0.15, -0.1) is 0 Å². The molecule has 0 heterocycles. The second-order valence-electron chi connectivity index (χ2n) is 11.8. The van der Waals surface area contributed by atoms with E-state index in [0.717, 1.165) is 41.9 Å². The van der Waals surface area contributed by atoms with Gasteiger partial charge in [-0.3, -0.25) is 4.79 Å². The van der Waals surface area contributed by atoms with Gasteiger partial charge in [0.2, 0.25) is 0 Å². The minimum absolute atomic E-state index is 0.0284. The lowest BCUT2D eigenvalue weighted by Gasteiger charge is -2.56. The fourth-order valence-electron chi connectivity index (χ4n) is 7.70. The summed E-state index contributed by atoms with van der Waals surface area (Å²) in [5.41, 5.74) is 3.68. The summed E-state index contributed by atoms with van der Waals surface area (Å²) in [7, 11) is 0. The number of amides is 1. The summed E-state index contributed by atoms with van der Waals surface area (Å²) >= 11 is 0. The first-order valence-electron chi connectivity index (χ1n) is 14.2. The SMILES string of the molecule is CCCCCCCCCCC[N+](CC)(NC(=O)C12CC3CC(CC(C3)C1)C2)C(C)CC. The molecule has 4 fully saturated rings. The van der Waals surface area contributed by atoms with Gasteiger partial charge in [0.05, 0.1) is 12.0 Å². The van der Waals surface area contributed by atoms with Gasteiger partial charge >= 0.3 is 0 Å². The molecule has 1 amide bonds. The molecule has 2 unspecified atom stereocenters. The Balaban J connectivity index is 1.52. The molecule has 0 aromatic carbocycles. The van der Waals surface area contributed by atoms with Gasteiger partial charge in [-0.1, -0.05) is 58.8 Å². The topological polar surface area (TPSA) is 29.1 Å². The molecule has 4 aliphatic rings. The Kier molecular flexibility index (Phi) is 9.32. The molecule has 4 rings (SSSR count).